The van der Waals surface area contributed by atoms with Crippen LogP contribution in [0.15, 0.2) is 22.7 Å². The van der Waals surface area contributed by atoms with Gasteiger partial charge in [0.25, 0.3) is 0 Å². The van der Waals surface area contributed by atoms with Gasteiger partial charge in [-0.05, 0) is 53.5 Å². The third-order valence-electron chi connectivity index (χ3n) is 3.41. The standard InChI is InChI=1S/C14H20BrNO2/c1-16-9-11-4-5-13(12(15)8-11)18-10-14(17)6-2-3-7-14/h4-5,8,16-17H,2-3,6-7,9-10H2,1H3. The number of halogens is 1. The van der Waals surface area contributed by atoms with Gasteiger partial charge in [-0.2, -0.15) is 0 Å². The van der Waals surface area contributed by atoms with Crippen LogP contribution in [0.5, 0.6) is 5.75 Å². The van der Waals surface area contributed by atoms with Crippen LogP contribution in [0.1, 0.15) is 31.2 Å². The lowest BCUT2D eigenvalue weighted by molar-refractivity contribution is 0.00118. The first-order chi connectivity index (χ1) is 8.63. The second-order valence-corrected chi connectivity index (χ2v) is 5.87. The Morgan fingerprint density at radius 2 is 2.11 bits per heavy atom. The first kappa shape index (κ1) is 13.8. The van der Waals surface area contributed by atoms with Crippen molar-refractivity contribution in [2.75, 3.05) is 13.7 Å². The van der Waals surface area contributed by atoms with E-state index in [0.717, 1.165) is 42.5 Å². The normalized spacial score (nSPS) is 17.9. The molecule has 0 radical (unpaired) electrons. The molecule has 0 spiro atoms. The van der Waals surface area contributed by atoms with Crippen LogP contribution in [0.4, 0.5) is 0 Å². The molecule has 18 heavy (non-hydrogen) atoms. The number of nitrogens with one attached hydrogen (secondary N) is 1. The molecule has 1 aliphatic carbocycles. The van der Waals surface area contributed by atoms with Gasteiger partial charge in [-0.1, -0.05) is 18.9 Å². The van der Waals surface area contributed by atoms with E-state index >= 15 is 0 Å². The van der Waals surface area contributed by atoms with Crippen LogP contribution in [0.25, 0.3) is 0 Å². The van der Waals surface area contributed by atoms with Crippen molar-refractivity contribution >= 4 is 15.9 Å². The Labute approximate surface area is 117 Å². The van der Waals surface area contributed by atoms with Crippen molar-refractivity contribution in [1.29, 1.82) is 0 Å². The van der Waals surface area contributed by atoms with Gasteiger partial charge in [-0.15, -0.1) is 0 Å². The van der Waals surface area contributed by atoms with Crippen molar-refractivity contribution in [2.45, 2.75) is 37.8 Å². The molecular formula is C14H20BrNO2. The zero-order chi connectivity index (χ0) is 13.0. The van der Waals surface area contributed by atoms with Crippen molar-refractivity contribution in [1.82, 2.24) is 5.32 Å². The topological polar surface area (TPSA) is 41.5 Å². The molecule has 4 heteroatoms. The Bertz CT molecular complexity index is 403. The fourth-order valence-corrected chi connectivity index (χ4v) is 2.91. The van der Waals surface area contributed by atoms with Crippen LogP contribution in [0.3, 0.4) is 0 Å². The number of aliphatic hydroxyl groups is 1. The van der Waals surface area contributed by atoms with E-state index in [1.807, 2.05) is 25.2 Å². The summed E-state index contributed by atoms with van der Waals surface area (Å²) < 4.78 is 6.68. The zero-order valence-corrected chi connectivity index (χ0v) is 12.3. The monoisotopic (exact) mass is 313 g/mol. The number of rotatable bonds is 5. The molecule has 2 N–H and O–H groups in total. The molecule has 1 fully saturated rings. The molecule has 0 saturated heterocycles. The number of benzene rings is 1. The molecular weight excluding hydrogens is 294 g/mol. The maximum absolute atomic E-state index is 10.2. The fourth-order valence-electron chi connectivity index (χ4n) is 2.37. The highest BCUT2D eigenvalue weighted by Crippen LogP contribution is 2.32. The molecule has 2 rings (SSSR count). The molecule has 0 atom stereocenters. The minimum absolute atomic E-state index is 0.386. The first-order valence-electron chi connectivity index (χ1n) is 6.41. The summed E-state index contributed by atoms with van der Waals surface area (Å²) in [5.41, 5.74) is 0.583. The Balaban J connectivity index is 1.97. The van der Waals surface area contributed by atoms with Crippen LogP contribution < -0.4 is 10.1 Å². The molecule has 0 bridgehead atoms. The van der Waals surface area contributed by atoms with E-state index in [2.05, 4.69) is 21.2 Å². The molecule has 3 nitrogen and oxygen atoms in total. The van der Waals surface area contributed by atoms with Gasteiger partial charge in [-0.25, -0.2) is 0 Å². The molecule has 0 amide bonds. The van der Waals surface area contributed by atoms with Gasteiger partial charge < -0.3 is 15.2 Å². The molecule has 100 valence electrons. The summed E-state index contributed by atoms with van der Waals surface area (Å²) in [6.45, 7) is 1.22. The van der Waals surface area contributed by atoms with E-state index in [0.29, 0.717) is 6.61 Å². The quantitative estimate of drug-likeness (QED) is 0.878. The van der Waals surface area contributed by atoms with Gasteiger partial charge in [0.1, 0.15) is 12.4 Å². The summed E-state index contributed by atoms with van der Waals surface area (Å²) in [6.07, 6.45) is 3.90. The molecule has 1 aliphatic rings. The van der Waals surface area contributed by atoms with Gasteiger partial charge in [0.2, 0.25) is 0 Å². The maximum atomic E-state index is 10.2. The second-order valence-electron chi connectivity index (χ2n) is 5.02. The van der Waals surface area contributed by atoms with Crippen molar-refractivity contribution in [3.8, 4) is 5.75 Å². The number of hydrogen-bond donors (Lipinski definition) is 2. The van der Waals surface area contributed by atoms with E-state index in [1.54, 1.807) is 0 Å². The Morgan fingerprint density at radius 1 is 1.39 bits per heavy atom. The molecule has 1 aromatic rings. The van der Waals surface area contributed by atoms with Gasteiger partial charge >= 0.3 is 0 Å². The first-order valence-corrected chi connectivity index (χ1v) is 7.20. The summed E-state index contributed by atoms with van der Waals surface area (Å²) in [5, 5.41) is 13.3. The SMILES string of the molecule is CNCc1ccc(OCC2(O)CCCC2)c(Br)c1. The molecule has 1 saturated carbocycles. The van der Waals surface area contributed by atoms with Crippen molar-refractivity contribution in [3.05, 3.63) is 28.2 Å². The third-order valence-corrected chi connectivity index (χ3v) is 4.03. The summed E-state index contributed by atoms with van der Waals surface area (Å²) in [6, 6.07) is 6.04. The van der Waals surface area contributed by atoms with E-state index < -0.39 is 5.60 Å². The Hall–Kier alpha value is -0.580. The van der Waals surface area contributed by atoms with Gasteiger partial charge in [-0.3, -0.25) is 0 Å². The largest absolute Gasteiger partial charge is 0.489 e. The Morgan fingerprint density at radius 3 is 2.72 bits per heavy atom. The fraction of sp³-hybridized carbons (Fsp3) is 0.571. The minimum Gasteiger partial charge on any atom is -0.489 e. The highest BCUT2D eigenvalue weighted by atomic mass is 79.9. The van der Waals surface area contributed by atoms with E-state index in [9.17, 15) is 5.11 Å². The van der Waals surface area contributed by atoms with Crippen LogP contribution in [-0.2, 0) is 6.54 Å². The number of hydrogen-bond acceptors (Lipinski definition) is 3. The predicted octanol–water partition coefficient (Wildman–Crippen LogP) is 2.85. The van der Waals surface area contributed by atoms with Crippen LogP contribution >= 0.6 is 15.9 Å². The summed E-state index contributed by atoms with van der Waals surface area (Å²) in [7, 11) is 1.92. The lowest BCUT2D eigenvalue weighted by atomic mass is 10.0. The summed E-state index contributed by atoms with van der Waals surface area (Å²) in [4.78, 5) is 0. The molecule has 0 heterocycles. The Kier molecular flexibility index (Phi) is 4.65. The average molecular weight is 314 g/mol. The smallest absolute Gasteiger partial charge is 0.133 e. The number of ether oxygens (including phenoxy) is 1. The zero-order valence-electron chi connectivity index (χ0n) is 10.7. The average Bonchev–Trinajstić information content (AvgIpc) is 2.76. The maximum Gasteiger partial charge on any atom is 0.133 e. The molecule has 0 aliphatic heterocycles. The highest BCUT2D eigenvalue weighted by molar-refractivity contribution is 9.10. The van der Waals surface area contributed by atoms with Gasteiger partial charge in [0.15, 0.2) is 0 Å². The summed E-state index contributed by atoms with van der Waals surface area (Å²) in [5.74, 6) is 0.801. The van der Waals surface area contributed by atoms with Crippen LogP contribution in [0.2, 0.25) is 0 Å². The van der Waals surface area contributed by atoms with Crippen LogP contribution in [0, 0.1) is 0 Å². The van der Waals surface area contributed by atoms with E-state index in [-0.39, 0.29) is 0 Å². The van der Waals surface area contributed by atoms with E-state index in [4.69, 9.17) is 4.74 Å². The van der Waals surface area contributed by atoms with E-state index in [1.165, 1.54) is 5.56 Å². The van der Waals surface area contributed by atoms with Gasteiger partial charge in [0.05, 0.1) is 10.1 Å². The van der Waals surface area contributed by atoms with Crippen LogP contribution in [-0.4, -0.2) is 24.4 Å². The second kappa shape index (κ2) is 6.04. The molecule has 0 aromatic heterocycles. The minimum atomic E-state index is -0.622. The lowest BCUT2D eigenvalue weighted by Gasteiger charge is -2.22. The third kappa shape index (κ3) is 3.46. The van der Waals surface area contributed by atoms with Crippen molar-refractivity contribution < 1.29 is 9.84 Å². The predicted molar refractivity (Wildman–Crippen MR) is 75.8 cm³/mol. The highest BCUT2D eigenvalue weighted by Gasteiger charge is 2.32. The van der Waals surface area contributed by atoms with Crippen molar-refractivity contribution in [3.63, 3.8) is 0 Å². The van der Waals surface area contributed by atoms with Crippen molar-refractivity contribution in [2.24, 2.45) is 0 Å². The molecule has 1 aromatic carbocycles. The lowest BCUT2D eigenvalue weighted by Crippen LogP contribution is -2.32. The van der Waals surface area contributed by atoms with Gasteiger partial charge in [0, 0.05) is 6.54 Å². The summed E-state index contributed by atoms with van der Waals surface area (Å²) >= 11 is 3.51. The molecule has 0 unspecified atom stereocenters.